The molecular weight excluding hydrogens is 440 g/mol. The summed E-state index contributed by atoms with van der Waals surface area (Å²) < 4.78 is 18.4. The van der Waals surface area contributed by atoms with Crippen molar-refractivity contribution < 1.29 is 18.7 Å². The summed E-state index contributed by atoms with van der Waals surface area (Å²) in [6.45, 7) is 2.95. The van der Waals surface area contributed by atoms with Crippen LogP contribution >= 0.6 is 11.8 Å². The van der Waals surface area contributed by atoms with Gasteiger partial charge in [0.1, 0.15) is 17.3 Å². The second-order valence-corrected chi connectivity index (χ2v) is 7.91. The SMILES string of the molecule is CCOc1ccc(NC(=O)CSc2nnc(-c3ccccc3OC)n2Cc2ccco2)cc1. The Bertz CT molecular complexity index is 1190. The Kier molecular flexibility index (Phi) is 7.31. The number of nitrogens with one attached hydrogen (secondary N) is 1. The maximum atomic E-state index is 12.5. The molecule has 0 bridgehead atoms. The minimum absolute atomic E-state index is 0.143. The van der Waals surface area contributed by atoms with Gasteiger partial charge in [0, 0.05) is 5.69 Å². The van der Waals surface area contributed by atoms with Crippen molar-refractivity contribution in [2.24, 2.45) is 0 Å². The zero-order valence-electron chi connectivity index (χ0n) is 18.4. The average Bonchev–Trinajstić information content (AvgIpc) is 3.49. The molecule has 0 atom stereocenters. The molecule has 0 aliphatic carbocycles. The van der Waals surface area contributed by atoms with Gasteiger partial charge in [0.2, 0.25) is 5.91 Å². The normalized spacial score (nSPS) is 10.7. The lowest BCUT2D eigenvalue weighted by Crippen LogP contribution is -2.14. The zero-order valence-corrected chi connectivity index (χ0v) is 19.2. The highest BCUT2D eigenvalue weighted by Gasteiger charge is 2.19. The third-order valence-electron chi connectivity index (χ3n) is 4.74. The number of rotatable bonds is 10. The third-order valence-corrected chi connectivity index (χ3v) is 5.71. The molecule has 9 heteroatoms. The highest BCUT2D eigenvalue weighted by Crippen LogP contribution is 2.31. The van der Waals surface area contributed by atoms with Gasteiger partial charge in [-0.25, -0.2) is 0 Å². The molecule has 0 spiro atoms. The van der Waals surface area contributed by atoms with Crippen LogP contribution in [0.3, 0.4) is 0 Å². The van der Waals surface area contributed by atoms with Gasteiger partial charge in [-0.15, -0.1) is 10.2 Å². The minimum atomic E-state index is -0.143. The molecule has 0 saturated heterocycles. The molecule has 0 aliphatic rings. The van der Waals surface area contributed by atoms with Crippen LogP contribution < -0.4 is 14.8 Å². The summed E-state index contributed by atoms with van der Waals surface area (Å²) >= 11 is 1.31. The number of aromatic nitrogens is 3. The van der Waals surface area contributed by atoms with Crippen LogP contribution in [0.2, 0.25) is 0 Å². The highest BCUT2D eigenvalue weighted by molar-refractivity contribution is 7.99. The monoisotopic (exact) mass is 464 g/mol. The van der Waals surface area contributed by atoms with E-state index in [1.165, 1.54) is 11.8 Å². The van der Waals surface area contributed by atoms with Crippen LogP contribution in [0.25, 0.3) is 11.4 Å². The molecular formula is C24H24N4O4S. The summed E-state index contributed by atoms with van der Waals surface area (Å²) in [5, 5.41) is 12.2. The molecule has 1 N–H and O–H groups in total. The van der Waals surface area contributed by atoms with Crippen molar-refractivity contribution >= 4 is 23.4 Å². The molecule has 33 heavy (non-hydrogen) atoms. The van der Waals surface area contributed by atoms with Gasteiger partial charge in [-0.05, 0) is 55.5 Å². The van der Waals surface area contributed by atoms with E-state index in [0.717, 1.165) is 17.1 Å². The Morgan fingerprint density at radius 1 is 1.09 bits per heavy atom. The summed E-state index contributed by atoms with van der Waals surface area (Å²) in [5.41, 5.74) is 1.51. The fourth-order valence-electron chi connectivity index (χ4n) is 3.25. The first-order valence-electron chi connectivity index (χ1n) is 10.4. The first kappa shape index (κ1) is 22.5. The molecule has 0 unspecified atom stereocenters. The van der Waals surface area contributed by atoms with Gasteiger partial charge >= 0.3 is 0 Å². The second-order valence-electron chi connectivity index (χ2n) is 6.97. The van der Waals surface area contributed by atoms with Gasteiger partial charge in [0.05, 0.1) is 37.8 Å². The molecule has 2 aromatic carbocycles. The van der Waals surface area contributed by atoms with E-state index < -0.39 is 0 Å². The number of furan rings is 1. The minimum Gasteiger partial charge on any atom is -0.496 e. The van der Waals surface area contributed by atoms with Gasteiger partial charge in [-0.2, -0.15) is 0 Å². The molecule has 2 heterocycles. The summed E-state index contributed by atoms with van der Waals surface area (Å²) in [5.74, 6) is 2.88. The predicted molar refractivity (Wildman–Crippen MR) is 127 cm³/mol. The zero-order chi connectivity index (χ0) is 23.0. The molecule has 4 aromatic rings. The van der Waals surface area contributed by atoms with Crippen LogP contribution in [-0.2, 0) is 11.3 Å². The van der Waals surface area contributed by atoms with Crippen LogP contribution in [0.15, 0.2) is 76.5 Å². The van der Waals surface area contributed by atoms with Crippen molar-refractivity contribution in [2.75, 3.05) is 24.8 Å². The van der Waals surface area contributed by atoms with Crippen molar-refractivity contribution in [1.82, 2.24) is 14.8 Å². The van der Waals surface area contributed by atoms with Crippen molar-refractivity contribution in [1.29, 1.82) is 0 Å². The van der Waals surface area contributed by atoms with E-state index >= 15 is 0 Å². The number of hydrogen-bond acceptors (Lipinski definition) is 7. The number of carbonyl (C=O) groups is 1. The topological polar surface area (TPSA) is 91.4 Å². The number of ether oxygens (including phenoxy) is 2. The first-order valence-corrected chi connectivity index (χ1v) is 11.4. The van der Waals surface area contributed by atoms with Crippen LogP contribution in [0.5, 0.6) is 11.5 Å². The third kappa shape index (κ3) is 5.56. The predicted octanol–water partition coefficient (Wildman–Crippen LogP) is 4.72. The quantitative estimate of drug-likeness (QED) is 0.339. The number of anilines is 1. The van der Waals surface area contributed by atoms with Gasteiger partial charge in [-0.3, -0.25) is 9.36 Å². The van der Waals surface area contributed by atoms with Crippen LogP contribution in [0.4, 0.5) is 5.69 Å². The maximum Gasteiger partial charge on any atom is 0.234 e. The molecule has 8 nitrogen and oxygen atoms in total. The number of hydrogen-bond donors (Lipinski definition) is 1. The Labute approximate surface area is 195 Å². The van der Waals surface area contributed by atoms with Gasteiger partial charge in [0.15, 0.2) is 11.0 Å². The molecule has 170 valence electrons. The lowest BCUT2D eigenvalue weighted by Gasteiger charge is -2.11. The van der Waals surface area contributed by atoms with Gasteiger partial charge in [0.25, 0.3) is 0 Å². The molecule has 0 saturated carbocycles. The van der Waals surface area contributed by atoms with Crippen LogP contribution in [0, 0.1) is 0 Å². The lowest BCUT2D eigenvalue weighted by molar-refractivity contribution is -0.113. The van der Waals surface area contributed by atoms with Crippen molar-refractivity contribution in [3.05, 3.63) is 72.7 Å². The standard InChI is InChI=1S/C24H24N4O4S/c1-3-31-18-12-10-17(11-13-18)25-22(29)16-33-24-27-26-23(20-8-4-5-9-21(20)30-2)28(24)15-19-7-6-14-32-19/h4-14H,3,15-16H2,1-2H3,(H,25,29). The number of methoxy groups -OCH3 is 1. The molecule has 0 aliphatic heterocycles. The highest BCUT2D eigenvalue weighted by atomic mass is 32.2. The second kappa shape index (κ2) is 10.7. The summed E-state index contributed by atoms with van der Waals surface area (Å²) in [6, 6.07) is 18.6. The number of benzene rings is 2. The van der Waals surface area contributed by atoms with Crippen molar-refractivity contribution in [3.63, 3.8) is 0 Å². The van der Waals surface area contributed by atoms with Gasteiger partial charge < -0.3 is 19.2 Å². The Balaban J connectivity index is 1.51. The maximum absolute atomic E-state index is 12.5. The number of thioether (sulfide) groups is 1. The largest absolute Gasteiger partial charge is 0.496 e. The fraction of sp³-hybridized carbons (Fsp3) is 0.208. The Morgan fingerprint density at radius 3 is 2.64 bits per heavy atom. The number of amides is 1. The number of nitrogens with zero attached hydrogens (tertiary/aromatic N) is 3. The van der Waals surface area contributed by atoms with Crippen LogP contribution in [0.1, 0.15) is 12.7 Å². The summed E-state index contributed by atoms with van der Waals surface area (Å²) in [7, 11) is 1.62. The van der Waals surface area contributed by atoms with E-state index in [9.17, 15) is 4.79 Å². The number of carbonyl (C=O) groups excluding carboxylic acids is 1. The first-order chi connectivity index (χ1) is 16.2. The summed E-state index contributed by atoms with van der Waals surface area (Å²) in [6.07, 6.45) is 1.62. The molecule has 0 fully saturated rings. The number of para-hydroxylation sites is 1. The summed E-state index contributed by atoms with van der Waals surface area (Å²) in [4.78, 5) is 12.5. The van der Waals surface area contributed by atoms with E-state index in [1.807, 2.05) is 72.2 Å². The van der Waals surface area contributed by atoms with E-state index in [1.54, 1.807) is 13.4 Å². The molecule has 2 aromatic heterocycles. The lowest BCUT2D eigenvalue weighted by atomic mass is 10.2. The fourth-order valence-corrected chi connectivity index (χ4v) is 3.99. The Morgan fingerprint density at radius 2 is 1.91 bits per heavy atom. The Hall–Kier alpha value is -3.72. The van der Waals surface area contributed by atoms with E-state index in [2.05, 4.69) is 15.5 Å². The molecule has 1 amide bonds. The smallest absolute Gasteiger partial charge is 0.234 e. The van der Waals surface area contributed by atoms with E-state index in [4.69, 9.17) is 13.9 Å². The van der Waals surface area contributed by atoms with Crippen molar-refractivity contribution in [3.8, 4) is 22.9 Å². The molecule has 0 radical (unpaired) electrons. The molecule has 4 rings (SSSR count). The average molecular weight is 465 g/mol. The van der Waals surface area contributed by atoms with E-state index in [0.29, 0.717) is 35.6 Å². The van der Waals surface area contributed by atoms with Gasteiger partial charge in [-0.1, -0.05) is 23.9 Å². The van der Waals surface area contributed by atoms with E-state index in [-0.39, 0.29) is 11.7 Å². The van der Waals surface area contributed by atoms with Crippen LogP contribution in [-0.4, -0.2) is 40.1 Å². The van der Waals surface area contributed by atoms with Crippen molar-refractivity contribution in [2.45, 2.75) is 18.6 Å².